The molecule has 0 radical (unpaired) electrons. The minimum Gasteiger partial charge on any atom is -0.493 e. The van der Waals surface area contributed by atoms with E-state index in [2.05, 4.69) is 15.3 Å². The van der Waals surface area contributed by atoms with E-state index in [1.54, 1.807) is 20.4 Å². The summed E-state index contributed by atoms with van der Waals surface area (Å²) in [6.45, 7) is 4.60. The molecule has 4 aromatic rings. The Balaban J connectivity index is 1.79. The average Bonchev–Trinajstić information content (AvgIpc) is 3.07. The summed E-state index contributed by atoms with van der Waals surface area (Å²) >= 11 is 0. The zero-order valence-electron chi connectivity index (χ0n) is 16.9. The fourth-order valence-corrected chi connectivity index (χ4v) is 3.43. The molecule has 0 aliphatic carbocycles. The van der Waals surface area contributed by atoms with Gasteiger partial charge in [0.1, 0.15) is 0 Å². The SMILES string of the molecule is COc1ccc(-c2c(C)nn3c(NCc4cccnc4)nc(C)cc23)cc1OC. The molecule has 0 aliphatic rings. The van der Waals surface area contributed by atoms with Crippen molar-refractivity contribution >= 4 is 11.5 Å². The fourth-order valence-electron chi connectivity index (χ4n) is 3.43. The monoisotopic (exact) mass is 389 g/mol. The maximum absolute atomic E-state index is 5.48. The molecule has 0 atom stereocenters. The average molecular weight is 389 g/mol. The molecule has 0 bridgehead atoms. The smallest absolute Gasteiger partial charge is 0.224 e. The van der Waals surface area contributed by atoms with Gasteiger partial charge in [0, 0.05) is 30.2 Å². The molecule has 0 aliphatic heterocycles. The Bertz CT molecular complexity index is 1160. The van der Waals surface area contributed by atoms with Crippen LogP contribution in [0.25, 0.3) is 16.6 Å². The van der Waals surface area contributed by atoms with E-state index in [0.717, 1.165) is 33.6 Å². The number of benzene rings is 1. The molecule has 29 heavy (non-hydrogen) atoms. The van der Waals surface area contributed by atoms with E-state index >= 15 is 0 Å². The van der Waals surface area contributed by atoms with Crippen molar-refractivity contribution in [3.05, 3.63) is 65.7 Å². The summed E-state index contributed by atoms with van der Waals surface area (Å²) in [5, 5.41) is 8.13. The number of nitrogens with zero attached hydrogens (tertiary/aromatic N) is 4. The maximum atomic E-state index is 5.48. The third-order valence-electron chi connectivity index (χ3n) is 4.77. The summed E-state index contributed by atoms with van der Waals surface area (Å²) in [6.07, 6.45) is 3.60. The highest BCUT2D eigenvalue weighted by atomic mass is 16.5. The van der Waals surface area contributed by atoms with Crippen molar-refractivity contribution in [2.45, 2.75) is 20.4 Å². The van der Waals surface area contributed by atoms with Gasteiger partial charge in [0.25, 0.3) is 0 Å². The Morgan fingerprint density at radius 1 is 1.03 bits per heavy atom. The van der Waals surface area contributed by atoms with Gasteiger partial charge >= 0.3 is 0 Å². The van der Waals surface area contributed by atoms with Crippen molar-refractivity contribution in [3.63, 3.8) is 0 Å². The number of pyridine rings is 1. The van der Waals surface area contributed by atoms with Crippen LogP contribution in [0.15, 0.2) is 48.8 Å². The summed E-state index contributed by atoms with van der Waals surface area (Å²) in [4.78, 5) is 8.81. The second-order valence-electron chi connectivity index (χ2n) is 6.76. The number of anilines is 1. The quantitative estimate of drug-likeness (QED) is 0.537. The van der Waals surface area contributed by atoms with Crippen molar-refractivity contribution in [1.82, 2.24) is 19.6 Å². The van der Waals surface area contributed by atoms with Gasteiger partial charge in [-0.1, -0.05) is 12.1 Å². The van der Waals surface area contributed by atoms with Crippen molar-refractivity contribution in [1.29, 1.82) is 0 Å². The molecule has 3 heterocycles. The van der Waals surface area contributed by atoms with Crippen LogP contribution in [0.3, 0.4) is 0 Å². The number of aromatic nitrogens is 4. The molecule has 148 valence electrons. The Morgan fingerprint density at radius 3 is 2.59 bits per heavy atom. The van der Waals surface area contributed by atoms with Crippen LogP contribution in [-0.4, -0.2) is 33.8 Å². The highest BCUT2D eigenvalue weighted by Gasteiger charge is 2.17. The molecule has 0 spiro atoms. The van der Waals surface area contributed by atoms with Gasteiger partial charge in [0.2, 0.25) is 5.95 Å². The van der Waals surface area contributed by atoms with Crippen LogP contribution in [0.5, 0.6) is 11.5 Å². The third kappa shape index (κ3) is 3.59. The first-order valence-electron chi connectivity index (χ1n) is 9.33. The number of nitrogens with one attached hydrogen (secondary N) is 1. The number of ether oxygens (including phenoxy) is 2. The Morgan fingerprint density at radius 2 is 1.86 bits per heavy atom. The number of aryl methyl sites for hydroxylation is 2. The van der Waals surface area contributed by atoms with E-state index < -0.39 is 0 Å². The molecule has 0 fully saturated rings. The maximum Gasteiger partial charge on any atom is 0.224 e. The summed E-state index contributed by atoms with van der Waals surface area (Å²) in [5.74, 6) is 2.07. The van der Waals surface area contributed by atoms with Crippen LogP contribution in [0.2, 0.25) is 0 Å². The van der Waals surface area contributed by atoms with Gasteiger partial charge in [-0.2, -0.15) is 9.61 Å². The minimum absolute atomic E-state index is 0.615. The predicted molar refractivity (Wildman–Crippen MR) is 113 cm³/mol. The number of hydrogen-bond donors (Lipinski definition) is 1. The fraction of sp³-hybridized carbons (Fsp3) is 0.227. The van der Waals surface area contributed by atoms with E-state index in [1.807, 2.05) is 61.0 Å². The molecular formula is C22H23N5O2. The van der Waals surface area contributed by atoms with Crippen molar-refractivity contribution < 1.29 is 9.47 Å². The normalized spacial score (nSPS) is 10.9. The predicted octanol–water partition coefficient (Wildman–Crippen LogP) is 4.04. The van der Waals surface area contributed by atoms with Gasteiger partial charge in [0.15, 0.2) is 11.5 Å². The minimum atomic E-state index is 0.615. The second kappa shape index (κ2) is 7.79. The third-order valence-corrected chi connectivity index (χ3v) is 4.77. The van der Waals surface area contributed by atoms with Gasteiger partial charge in [-0.3, -0.25) is 4.98 Å². The standard InChI is InChI=1S/C22H23N5O2/c1-14-10-18-21(17-7-8-19(28-3)20(11-17)29-4)15(2)26-27(18)22(25-14)24-13-16-6-5-9-23-12-16/h5-12H,13H2,1-4H3,(H,24,25). The molecule has 0 unspecified atom stereocenters. The molecule has 0 saturated heterocycles. The first-order valence-corrected chi connectivity index (χ1v) is 9.33. The molecule has 3 aromatic heterocycles. The highest BCUT2D eigenvalue weighted by molar-refractivity contribution is 5.84. The van der Waals surface area contributed by atoms with Crippen molar-refractivity contribution in [2.75, 3.05) is 19.5 Å². The van der Waals surface area contributed by atoms with Crippen LogP contribution < -0.4 is 14.8 Å². The summed E-state index contributed by atoms with van der Waals surface area (Å²) in [6, 6.07) is 11.9. The Hall–Kier alpha value is -3.61. The van der Waals surface area contributed by atoms with E-state index in [1.165, 1.54) is 0 Å². The first-order chi connectivity index (χ1) is 14.1. The summed E-state index contributed by atoms with van der Waals surface area (Å²) < 4.78 is 12.7. The second-order valence-corrected chi connectivity index (χ2v) is 6.76. The zero-order chi connectivity index (χ0) is 20.4. The largest absolute Gasteiger partial charge is 0.493 e. The van der Waals surface area contributed by atoms with Gasteiger partial charge in [-0.15, -0.1) is 0 Å². The number of methoxy groups -OCH3 is 2. The van der Waals surface area contributed by atoms with Gasteiger partial charge in [0.05, 0.1) is 25.4 Å². The van der Waals surface area contributed by atoms with E-state index in [9.17, 15) is 0 Å². The molecule has 0 saturated carbocycles. The van der Waals surface area contributed by atoms with Crippen LogP contribution in [-0.2, 0) is 6.54 Å². The molecular weight excluding hydrogens is 366 g/mol. The lowest BCUT2D eigenvalue weighted by Crippen LogP contribution is -2.08. The number of fused-ring (bicyclic) bond motifs is 1. The van der Waals surface area contributed by atoms with E-state index in [4.69, 9.17) is 14.6 Å². The van der Waals surface area contributed by atoms with Crippen LogP contribution in [0.1, 0.15) is 17.0 Å². The van der Waals surface area contributed by atoms with Crippen LogP contribution in [0, 0.1) is 13.8 Å². The van der Waals surface area contributed by atoms with Crippen LogP contribution in [0.4, 0.5) is 5.95 Å². The molecule has 7 heteroatoms. The lowest BCUT2D eigenvalue weighted by atomic mass is 10.0. The Labute approximate surface area is 169 Å². The van der Waals surface area contributed by atoms with Gasteiger partial charge in [-0.05, 0) is 49.2 Å². The topological polar surface area (TPSA) is 73.6 Å². The van der Waals surface area contributed by atoms with E-state index in [-0.39, 0.29) is 0 Å². The van der Waals surface area contributed by atoms with Crippen LogP contribution >= 0.6 is 0 Å². The number of rotatable bonds is 6. The molecule has 1 aromatic carbocycles. The van der Waals surface area contributed by atoms with Crippen molar-refractivity contribution in [2.24, 2.45) is 0 Å². The summed E-state index contributed by atoms with van der Waals surface area (Å²) in [7, 11) is 3.27. The summed E-state index contributed by atoms with van der Waals surface area (Å²) in [5.41, 5.74) is 5.94. The Kier molecular flexibility index (Phi) is 5.03. The first kappa shape index (κ1) is 18.7. The molecule has 4 rings (SSSR count). The van der Waals surface area contributed by atoms with E-state index in [0.29, 0.717) is 24.0 Å². The molecule has 0 amide bonds. The highest BCUT2D eigenvalue weighted by Crippen LogP contribution is 2.36. The molecule has 1 N–H and O–H groups in total. The molecule has 7 nitrogen and oxygen atoms in total. The zero-order valence-corrected chi connectivity index (χ0v) is 16.9. The number of hydrogen-bond acceptors (Lipinski definition) is 6. The lowest BCUT2D eigenvalue weighted by Gasteiger charge is -2.11. The van der Waals surface area contributed by atoms with Gasteiger partial charge < -0.3 is 14.8 Å². The lowest BCUT2D eigenvalue weighted by molar-refractivity contribution is 0.355. The van der Waals surface area contributed by atoms with Crippen molar-refractivity contribution in [3.8, 4) is 22.6 Å². The van der Waals surface area contributed by atoms with Gasteiger partial charge in [-0.25, -0.2) is 4.98 Å².